The van der Waals surface area contributed by atoms with Crippen molar-refractivity contribution >= 4 is 0 Å². The third-order valence-electron chi connectivity index (χ3n) is 7.85. The Morgan fingerprint density at radius 2 is 1.41 bits per heavy atom. The average molecular weight is 460 g/mol. The van der Waals surface area contributed by atoms with Gasteiger partial charge in [0.1, 0.15) is 0 Å². The highest BCUT2D eigenvalue weighted by atomic mass is 14.9. The molecule has 1 aromatic heterocycles. The van der Waals surface area contributed by atoms with Crippen LogP contribution in [0.3, 0.4) is 0 Å². The number of hydrogen-bond acceptors (Lipinski definition) is 3. The second kappa shape index (κ2) is 14.2. The van der Waals surface area contributed by atoms with Gasteiger partial charge in [-0.25, -0.2) is 9.97 Å². The predicted molar refractivity (Wildman–Crippen MR) is 143 cm³/mol. The second-order valence-electron chi connectivity index (χ2n) is 10.5. The van der Waals surface area contributed by atoms with E-state index in [1.807, 2.05) is 12.4 Å². The van der Waals surface area contributed by atoms with Crippen LogP contribution in [0.2, 0.25) is 0 Å². The van der Waals surface area contributed by atoms with Crippen molar-refractivity contribution in [1.82, 2.24) is 9.97 Å². The molecule has 3 nitrogen and oxygen atoms in total. The fraction of sp³-hybridized carbons (Fsp3) is 0.645. The van der Waals surface area contributed by atoms with E-state index in [4.69, 9.17) is 0 Å². The van der Waals surface area contributed by atoms with Crippen LogP contribution in [0.1, 0.15) is 127 Å². The number of rotatable bonds is 14. The number of aromatic nitrogens is 2. The molecule has 184 valence electrons. The van der Waals surface area contributed by atoms with E-state index in [0.717, 1.165) is 49.9 Å². The van der Waals surface area contributed by atoms with E-state index in [-0.39, 0.29) is 5.41 Å². The van der Waals surface area contributed by atoms with E-state index in [1.54, 1.807) is 0 Å². The molecule has 1 heterocycles. The van der Waals surface area contributed by atoms with Crippen molar-refractivity contribution in [2.75, 3.05) is 0 Å². The minimum Gasteiger partial charge on any atom is -0.236 e. The van der Waals surface area contributed by atoms with Crippen molar-refractivity contribution in [1.29, 1.82) is 5.26 Å². The number of nitrogens with zero attached hydrogens (tertiary/aromatic N) is 3. The lowest BCUT2D eigenvalue weighted by Gasteiger charge is -2.35. The smallest absolute Gasteiger partial charge is 0.159 e. The Labute approximate surface area is 208 Å². The number of hydrogen-bond donors (Lipinski definition) is 0. The highest BCUT2D eigenvalue weighted by Gasteiger charge is 2.35. The molecule has 0 N–H and O–H groups in total. The molecule has 1 aliphatic carbocycles. The summed E-state index contributed by atoms with van der Waals surface area (Å²) in [5.74, 6) is 1.38. The summed E-state index contributed by atoms with van der Waals surface area (Å²) in [4.78, 5) is 9.17. The van der Waals surface area contributed by atoms with Gasteiger partial charge in [0.2, 0.25) is 0 Å². The molecular formula is C31H45N3. The van der Waals surface area contributed by atoms with Crippen molar-refractivity contribution < 1.29 is 0 Å². The zero-order valence-corrected chi connectivity index (χ0v) is 21.7. The second-order valence-corrected chi connectivity index (χ2v) is 10.5. The van der Waals surface area contributed by atoms with E-state index in [2.05, 4.69) is 54.2 Å². The number of nitriles is 1. The first-order chi connectivity index (χ1) is 16.7. The number of unbranched alkanes of at least 4 members (excludes halogenated alkanes) is 8. The highest BCUT2D eigenvalue weighted by Crippen LogP contribution is 2.45. The molecule has 0 radical (unpaired) electrons. The van der Waals surface area contributed by atoms with Crippen molar-refractivity contribution in [2.24, 2.45) is 5.41 Å². The van der Waals surface area contributed by atoms with Crippen molar-refractivity contribution in [3.05, 3.63) is 47.8 Å². The van der Waals surface area contributed by atoms with Gasteiger partial charge in [-0.2, -0.15) is 5.26 Å². The summed E-state index contributed by atoms with van der Waals surface area (Å²) in [7, 11) is 0. The Balaban J connectivity index is 1.44. The summed E-state index contributed by atoms with van der Waals surface area (Å²) in [5, 5.41) is 9.96. The monoisotopic (exact) mass is 459 g/mol. The molecule has 0 amide bonds. The molecule has 34 heavy (non-hydrogen) atoms. The minimum atomic E-state index is -0.0774. The SMILES string of the molecule is CCCCCCCCCCC1(C#N)CCC(c2ccc(-c3ncc(CCCC)cn3)cc2)CC1. The Bertz CT molecular complexity index is 855. The first-order valence-electron chi connectivity index (χ1n) is 14.0. The summed E-state index contributed by atoms with van der Waals surface area (Å²) in [6.07, 6.45) is 23.5. The van der Waals surface area contributed by atoms with Gasteiger partial charge in [-0.1, -0.05) is 95.9 Å². The quantitative estimate of drug-likeness (QED) is 0.264. The summed E-state index contributed by atoms with van der Waals surface area (Å²) in [5.41, 5.74) is 3.63. The molecule has 0 spiro atoms. The zero-order chi connectivity index (χ0) is 24.1. The number of benzene rings is 1. The van der Waals surface area contributed by atoms with E-state index >= 15 is 0 Å². The first-order valence-corrected chi connectivity index (χ1v) is 14.0. The standard InChI is InChI=1S/C31H45N3/c1-3-5-7-8-9-10-11-12-20-31(25-32)21-18-28(19-22-31)27-14-16-29(17-15-27)30-33-23-26(24-34-30)13-6-4-2/h14-17,23-24,28H,3-13,18-22H2,1-2H3. The van der Waals surface area contributed by atoms with Crippen LogP contribution in [0.4, 0.5) is 0 Å². The van der Waals surface area contributed by atoms with Crippen LogP contribution in [0.15, 0.2) is 36.7 Å². The molecule has 2 aromatic rings. The van der Waals surface area contributed by atoms with Gasteiger partial charge in [0, 0.05) is 18.0 Å². The maximum Gasteiger partial charge on any atom is 0.159 e. The van der Waals surface area contributed by atoms with Crippen LogP contribution >= 0.6 is 0 Å². The lowest BCUT2D eigenvalue weighted by molar-refractivity contribution is 0.222. The maximum absolute atomic E-state index is 9.96. The Morgan fingerprint density at radius 1 is 0.824 bits per heavy atom. The van der Waals surface area contributed by atoms with E-state index < -0.39 is 0 Å². The number of aryl methyl sites for hydroxylation is 1. The molecule has 1 fully saturated rings. The van der Waals surface area contributed by atoms with Gasteiger partial charge < -0.3 is 0 Å². The molecule has 0 saturated heterocycles. The van der Waals surface area contributed by atoms with Gasteiger partial charge in [-0.15, -0.1) is 0 Å². The summed E-state index contributed by atoms with van der Waals surface area (Å²) < 4.78 is 0. The van der Waals surface area contributed by atoms with Crippen molar-refractivity contribution in [3.63, 3.8) is 0 Å². The van der Waals surface area contributed by atoms with Gasteiger partial charge in [0.15, 0.2) is 5.82 Å². The maximum atomic E-state index is 9.96. The molecule has 3 rings (SSSR count). The van der Waals surface area contributed by atoms with E-state index in [9.17, 15) is 5.26 Å². The molecule has 0 aliphatic heterocycles. The normalized spacial score (nSPS) is 20.2. The van der Waals surface area contributed by atoms with Crippen LogP contribution in [-0.2, 0) is 6.42 Å². The molecule has 0 atom stereocenters. The van der Waals surface area contributed by atoms with Crippen molar-refractivity contribution in [2.45, 2.75) is 122 Å². The van der Waals surface area contributed by atoms with Crippen LogP contribution < -0.4 is 0 Å². The fourth-order valence-electron chi connectivity index (χ4n) is 5.44. The van der Waals surface area contributed by atoms with Gasteiger partial charge in [-0.3, -0.25) is 0 Å². The lowest BCUT2D eigenvalue weighted by Crippen LogP contribution is -2.25. The highest BCUT2D eigenvalue weighted by molar-refractivity contribution is 5.55. The van der Waals surface area contributed by atoms with Crippen molar-refractivity contribution in [3.8, 4) is 17.5 Å². The lowest BCUT2D eigenvalue weighted by atomic mass is 9.67. The van der Waals surface area contributed by atoms with Crippen LogP contribution in [0.25, 0.3) is 11.4 Å². The molecule has 1 saturated carbocycles. The fourth-order valence-corrected chi connectivity index (χ4v) is 5.44. The van der Waals surface area contributed by atoms with Gasteiger partial charge in [0.25, 0.3) is 0 Å². The van der Waals surface area contributed by atoms with E-state index in [1.165, 1.54) is 75.3 Å². The summed E-state index contributed by atoms with van der Waals surface area (Å²) in [6.45, 7) is 4.48. The first kappa shape index (κ1) is 26.4. The van der Waals surface area contributed by atoms with Gasteiger partial charge in [-0.05, 0) is 62.0 Å². The third kappa shape index (κ3) is 7.93. The molecule has 3 heteroatoms. The molecule has 1 aliphatic rings. The predicted octanol–water partition coefficient (Wildman–Crippen LogP) is 9.18. The molecule has 0 bridgehead atoms. The zero-order valence-electron chi connectivity index (χ0n) is 21.7. The Morgan fingerprint density at radius 3 is 2.00 bits per heavy atom. The molecule has 0 unspecified atom stereocenters. The average Bonchev–Trinajstić information content (AvgIpc) is 2.90. The summed E-state index contributed by atoms with van der Waals surface area (Å²) >= 11 is 0. The Kier molecular flexibility index (Phi) is 11.1. The van der Waals surface area contributed by atoms with Gasteiger partial charge in [0.05, 0.1) is 11.5 Å². The largest absolute Gasteiger partial charge is 0.236 e. The topological polar surface area (TPSA) is 49.6 Å². The minimum absolute atomic E-state index is 0.0774. The van der Waals surface area contributed by atoms with Crippen LogP contribution in [-0.4, -0.2) is 9.97 Å². The van der Waals surface area contributed by atoms with Crippen LogP contribution in [0, 0.1) is 16.7 Å². The third-order valence-corrected chi connectivity index (χ3v) is 7.85. The Hall–Kier alpha value is -2.21. The van der Waals surface area contributed by atoms with E-state index in [0.29, 0.717) is 5.92 Å². The molecular weight excluding hydrogens is 414 g/mol. The van der Waals surface area contributed by atoms with Gasteiger partial charge >= 0.3 is 0 Å². The molecule has 1 aromatic carbocycles. The van der Waals surface area contributed by atoms with Crippen LogP contribution in [0.5, 0.6) is 0 Å². The summed E-state index contributed by atoms with van der Waals surface area (Å²) in [6, 6.07) is 11.6.